The topological polar surface area (TPSA) is 78.9 Å². The lowest BCUT2D eigenvalue weighted by molar-refractivity contribution is -0.167. The summed E-state index contributed by atoms with van der Waals surface area (Å²) in [6, 6.07) is 0. The van der Waals surface area contributed by atoms with Crippen LogP contribution in [-0.4, -0.2) is 37.2 Å². The molecule has 394 valence electrons. The van der Waals surface area contributed by atoms with Crippen molar-refractivity contribution < 1.29 is 28.6 Å². The number of esters is 3. The molecule has 0 saturated heterocycles. The predicted molar refractivity (Wildman–Crippen MR) is 293 cm³/mol. The molecule has 0 N–H and O–H groups in total. The summed E-state index contributed by atoms with van der Waals surface area (Å²) in [5.74, 6) is -0.907. The standard InChI is InChI=1S/C62H110O6/c1-4-7-10-13-16-19-21-23-25-27-29-30-31-33-34-36-38-40-43-46-49-52-55-61(64)67-58-59(57-66-60(63)54-51-48-45-42-18-15-12-9-6-3)68-62(65)56-53-50-47-44-41-39-37-35-32-28-26-24-22-20-17-14-11-8-5-2/h8,11,17,20,24,26,32,35,39,41,59H,4-7,9-10,12-16,18-19,21-23,25,27-31,33-34,36-38,40,42-58H2,1-3H3/b11-8-,20-17-,26-24-,35-32-,41-39-. The van der Waals surface area contributed by atoms with Crippen molar-refractivity contribution in [3.63, 3.8) is 0 Å². The molecule has 68 heavy (non-hydrogen) atoms. The zero-order valence-electron chi connectivity index (χ0n) is 45.1. The van der Waals surface area contributed by atoms with Crippen LogP contribution in [0.1, 0.15) is 297 Å². The Bertz CT molecular complexity index is 1230. The van der Waals surface area contributed by atoms with Crippen LogP contribution in [0.3, 0.4) is 0 Å². The van der Waals surface area contributed by atoms with Crippen LogP contribution in [0.15, 0.2) is 60.8 Å². The third-order valence-electron chi connectivity index (χ3n) is 12.8. The first-order valence-corrected chi connectivity index (χ1v) is 29.3. The summed E-state index contributed by atoms with van der Waals surface area (Å²) in [5, 5.41) is 0. The second-order valence-electron chi connectivity index (χ2n) is 19.5. The van der Waals surface area contributed by atoms with Crippen LogP contribution in [0.25, 0.3) is 0 Å². The Morgan fingerprint density at radius 1 is 0.309 bits per heavy atom. The van der Waals surface area contributed by atoms with Crippen molar-refractivity contribution in [1.82, 2.24) is 0 Å². The van der Waals surface area contributed by atoms with Crippen molar-refractivity contribution in [2.24, 2.45) is 0 Å². The van der Waals surface area contributed by atoms with Gasteiger partial charge >= 0.3 is 17.9 Å². The molecule has 1 unspecified atom stereocenters. The number of carbonyl (C=O) groups is 3. The van der Waals surface area contributed by atoms with E-state index in [9.17, 15) is 14.4 Å². The van der Waals surface area contributed by atoms with Crippen LogP contribution in [0.2, 0.25) is 0 Å². The normalized spacial score (nSPS) is 12.5. The maximum atomic E-state index is 12.8. The highest BCUT2D eigenvalue weighted by Gasteiger charge is 2.19. The molecule has 0 aromatic carbocycles. The Labute approximate surface area is 421 Å². The van der Waals surface area contributed by atoms with Gasteiger partial charge in [-0.1, -0.05) is 274 Å². The summed E-state index contributed by atoms with van der Waals surface area (Å²) in [6.45, 7) is 6.51. The van der Waals surface area contributed by atoms with Crippen LogP contribution in [-0.2, 0) is 28.6 Å². The van der Waals surface area contributed by atoms with Crippen molar-refractivity contribution in [3.8, 4) is 0 Å². The van der Waals surface area contributed by atoms with Crippen molar-refractivity contribution in [2.45, 2.75) is 303 Å². The van der Waals surface area contributed by atoms with Gasteiger partial charge in [0, 0.05) is 19.3 Å². The molecule has 0 bridgehead atoms. The predicted octanol–water partition coefficient (Wildman–Crippen LogP) is 19.6. The fraction of sp³-hybridized carbons (Fsp3) is 0.790. The monoisotopic (exact) mass is 951 g/mol. The van der Waals surface area contributed by atoms with Gasteiger partial charge in [0.2, 0.25) is 0 Å². The van der Waals surface area contributed by atoms with Gasteiger partial charge < -0.3 is 14.2 Å². The van der Waals surface area contributed by atoms with Crippen molar-refractivity contribution in [1.29, 1.82) is 0 Å². The molecule has 0 aromatic rings. The lowest BCUT2D eigenvalue weighted by atomic mass is 10.0. The average Bonchev–Trinajstić information content (AvgIpc) is 3.34. The zero-order valence-corrected chi connectivity index (χ0v) is 45.1. The molecule has 0 aromatic heterocycles. The Hall–Kier alpha value is -2.89. The molecule has 6 nitrogen and oxygen atoms in total. The first kappa shape index (κ1) is 65.1. The molecular weight excluding hydrogens is 841 g/mol. The quantitative estimate of drug-likeness (QED) is 0.0262. The molecule has 0 radical (unpaired) electrons. The number of unbranched alkanes of at least 4 members (excludes halogenated alkanes) is 32. The van der Waals surface area contributed by atoms with Crippen LogP contribution < -0.4 is 0 Å². The largest absolute Gasteiger partial charge is 0.462 e. The van der Waals surface area contributed by atoms with E-state index in [0.29, 0.717) is 19.3 Å². The van der Waals surface area contributed by atoms with Crippen molar-refractivity contribution in [2.75, 3.05) is 13.2 Å². The highest BCUT2D eigenvalue weighted by molar-refractivity contribution is 5.71. The molecule has 0 aliphatic carbocycles. The number of carbonyl (C=O) groups excluding carboxylic acids is 3. The van der Waals surface area contributed by atoms with Gasteiger partial charge in [-0.2, -0.15) is 0 Å². The molecule has 6 heteroatoms. The molecular formula is C62H110O6. The van der Waals surface area contributed by atoms with E-state index < -0.39 is 6.10 Å². The first-order chi connectivity index (χ1) is 33.5. The fourth-order valence-corrected chi connectivity index (χ4v) is 8.41. The lowest BCUT2D eigenvalue weighted by Gasteiger charge is -2.18. The number of ether oxygens (including phenoxy) is 3. The summed E-state index contributed by atoms with van der Waals surface area (Å²) in [7, 11) is 0. The van der Waals surface area contributed by atoms with E-state index in [1.165, 1.54) is 161 Å². The molecule has 0 aliphatic heterocycles. The van der Waals surface area contributed by atoms with Crippen molar-refractivity contribution >= 4 is 17.9 Å². The number of hydrogen-bond donors (Lipinski definition) is 0. The highest BCUT2D eigenvalue weighted by Crippen LogP contribution is 2.17. The second kappa shape index (κ2) is 56.7. The molecule has 0 fully saturated rings. The van der Waals surface area contributed by atoms with Gasteiger partial charge in [0.1, 0.15) is 13.2 Å². The molecule has 0 heterocycles. The minimum absolute atomic E-state index is 0.0841. The summed E-state index contributed by atoms with van der Waals surface area (Å²) in [5.41, 5.74) is 0. The third kappa shape index (κ3) is 54.1. The highest BCUT2D eigenvalue weighted by atomic mass is 16.6. The van der Waals surface area contributed by atoms with Crippen molar-refractivity contribution in [3.05, 3.63) is 60.8 Å². The van der Waals surface area contributed by atoms with Crippen LogP contribution in [0.5, 0.6) is 0 Å². The van der Waals surface area contributed by atoms with Gasteiger partial charge in [0.15, 0.2) is 6.10 Å². The van der Waals surface area contributed by atoms with Gasteiger partial charge in [-0.15, -0.1) is 0 Å². The van der Waals surface area contributed by atoms with E-state index >= 15 is 0 Å². The number of allylic oxidation sites excluding steroid dienone is 10. The molecule has 0 amide bonds. The lowest BCUT2D eigenvalue weighted by Crippen LogP contribution is -2.30. The summed E-state index contributed by atoms with van der Waals surface area (Å²) >= 11 is 0. The third-order valence-corrected chi connectivity index (χ3v) is 12.8. The molecule has 0 spiro atoms. The van der Waals surface area contributed by atoms with E-state index in [0.717, 1.165) is 96.3 Å². The maximum absolute atomic E-state index is 12.8. The molecule has 0 aliphatic rings. The Kier molecular flexibility index (Phi) is 54.3. The van der Waals surface area contributed by atoms with E-state index in [1.807, 2.05) is 0 Å². The Morgan fingerprint density at radius 2 is 0.574 bits per heavy atom. The minimum atomic E-state index is -0.788. The average molecular weight is 952 g/mol. The van der Waals surface area contributed by atoms with Crippen LogP contribution in [0, 0.1) is 0 Å². The van der Waals surface area contributed by atoms with Crippen LogP contribution >= 0.6 is 0 Å². The summed E-state index contributed by atoms with van der Waals surface area (Å²) in [6.07, 6.45) is 70.9. The van der Waals surface area contributed by atoms with Gasteiger partial charge in [-0.25, -0.2) is 0 Å². The van der Waals surface area contributed by atoms with Gasteiger partial charge in [-0.05, 0) is 64.2 Å². The summed E-state index contributed by atoms with van der Waals surface area (Å²) < 4.78 is 16.8. The van der Waals surface area contributed by atoms with Gasteiger partial charge in [-0.3, -0.25) is 14.4 Å². The minimum Gasteiger partial charge on any atom is -0.462 e. The fourth-order valence-electron chi connectivity index (χ4n) is 8.41. The van der Waals surface area contributed by atoms with Gasteiger partial charge in [0.05, 0.1) is 0 Å². The maximum Gasteiger partial charge on any atom is 0.306 e. The summed E-state index contributed by atoms with van der Waals surface area (Å²) in [4.78, 5) is 38.0. The molecule has 0 rings (SSSR count). The SMILES string of the molecule is CC/C=C\C/C=C\C/C=C\C/C=C\C/C=C\CCCCCC(=O)OC(COC(=O)CCCCCCCCCCC)COC(=O)CCCCCCCCCCCCCCCCCCCCCCCC. The van der Waals surface area contributed by atoms with Crippen LogP contribution in [0.4, 0.5) is 0 Å². The Balaban J connectivity index is 4.27. The van der Waals surface area contributed by atoms with E-state index in [-0.39, 0.29) is 31.1 Å². The van der Waals surface area contributed by atoms with E-state index in [4.69, 9.17) is 14.2 Å². The van der Waals surface area contributed by atoms with E-state index in [2.05, 4.69) is 81.5 Å². The molecule has 1 atom stereocenters. The number of rotatable bonds is 53. The first-order valence-electron chi connectivity index (χ1n) is 29.3. The second-order valence-corrected chi connectivity index (χ2v) is 19.5. The van der Waals surface area contributed by atoms with E-state index in [1.54, 1.807) is 0 Å². The number of hydrogen-bond acceptors (Lipinski definition) is 6. The van der Waals surface area contributed by atoms with Gasteiger partial charge in [0.25, 0.3) is 0 Å². The smallest absolute Gasteiger partial charge is 0.306 e. The molecule has 0 saturated carbocycles. The Morgan fingerprint density at radius 3 is 0.897 bits per heavy atom. The zero-order chi connectivity index (χ0) is 49.3.